The molecule has 0 aliphatic carbocycles. The average molecular weight is 457 g/mol. The second-order valence-corrected chi connectivity index (χ2v) is 7.78. The van der Waals surface area contributed by atoms with Crippen molar-refractivity contribution in [3.05, 3.63) is 76.7 Å². The first-order valence-corrected chi connectivity index (χ1v) is 9.67. The molecule has 0 aliphatic heterocycles. The van der Waals surface area contributed by atoms with Crippen LogP contribution in [0.5, 0.6) is 0 Å². The van der Waals surface area contributed by atoms with Crippen molar-refractivity contribution >= 4 is 43.2 Å². The molecule has 0 spiro atoms. The van der Waals surface area contributed by atoms with Crippen molar-refractivity contribution in [3.8, 4) is 0 Å². The Bertz CT molecular complexity index is 1100. The van der Waals surface area contributed by atoms with Gasteiger partial charge in [-0.25, -0.2) is 17.2 Å². The van der Waals surface area contributed by atoms with Crippen LogP contribution < -0.4 is 10.0 Å². The highest BCUT2D eigenvalue weighted by molar-refractivity contribution is 9.10. The lowest BCUT2D eigenvalue weighted by molar-refractivity contribution is 0.0995. The zero-order chi connectivity index (χ0) is 19.6. The molecule has 1 aromatic heterocycles. The molecule has 27 heavy (non-hydrogen) atoms. The van der Waals surface area contributed by atoms with Crippen molar-refractivity contribution in [2.24, 2.45) is 0 Å². The summed E-state index contributed by atoms with van der Waals surface area (Å²) in [5.41, 5.74) is 0.585. The molecule has 0 unspecified atom stereocenters. The molecule has 3 aromatic rings. The van der Waals surface area contributed by atoms with Gasteiger partial charge in [0.25, 0.3) is 15.9 Å². The molecule has 1 amide bonds. The summed E-state index contributed by atoms with van der Waals surface area (Å²) in [5, 5.41) is 2.58. The summed E-state index contributed by atoms with van der Waals surface area (Å²) in [6.45, 7) is 0. The Labute approximate surface area is 161 Å². The van der Waals surface area contributed by atoms with E-state index in [1.807, 2.05) is 0 Å². The van der Waals surface area contributed by atoms with E-state index in [-0.39, 0.29) is 11.4 Å². The fourth-order valence-electron chi connectivity index (χ4n) is 2.11. The fourth-order valence-corrected chi connectivity index (χ4v) is 3.49. The van der Waals surface area contributed by atoms with Crippen LogP contribution in [0.1, 0.15) is 10.6 Å². The molecule has 0 aliphatic rings. The molecule has 3 rings (SSSR count). The van der Waals surface area contributed by atoms with Gasteiger partial charge in [-0.1, -0.05) is 0 Å². The number of benzene rings is 2. The fraction of sp³-hybridized carbons (Fsp3) is 0. The SMILES string of the molecule is O=C(Nc1ccc(NS(=O)(=O)c2ccc(F)c(F)c2)cc1)c1ccc(Br)o1. The van der Waals surface area contributed by atoms with Crippen LogP contribution in [0.3, 0.4) is 0 Å². The number of halogens is 3. The second kappa shape index (κ2) is 7.49. The van der Waals surface area contributed by atoms with E-state index in [1.54, 1.807) is 6.07 Å². The maximum absolute atomic E-state index is 13.2. The summed E-state index contributed by atoms with van der Waals surface area (Å²) in [6.07, 6.45) is 0. The third-order valence-electron chi connectivity index (χ3n) is 3.39. The van der Waals surface area contributed by atoms with Crippen molar-refractivity contribution in [3.63, 3.8) is 0 Å². The molecule has 1 heterocycles. The van der Waals surface area contributed by atoms with Crippen LogP contribution in [0.15, 0.2) is 68.6 Å². The first-order valence-electron chi connectivity index (χ1n) is 7.39. The van der Waals surface area contributed by atoms with E-state index >= 15 is 0 Å². The summed E-state index contributed by atoms with van der Waals surface area (Å²) in [6, 6.07) is 11.1. The number of rotatable bonds is 5. The van der Waals surface area contributed by atoms with Gasteiger partial charge in [0.2, 0.25) is 0 Å². The molecular formula is C17H11BrF2N2O4S. The molecule has 0 bridgehead atoms. The minimum atomic E-state index is -4.09. The Morgan fingerprint density at radius 1 is 0.926 bits per heavy atom. The summed E-state index contributed by atoms with van der Waals surface area (Å²) in [4.78, 5) is 11.6. The first kappa shape index (κ1) is 19.1. The maximum atomic E-state index is 13.2. The monoisotopic (exact) mass is 456 g/mol. The van der Waals surface area contributed by atoms with Gasteiger partial charge in [0, 0.05) is 11.4 Å². The van der Waals surface area contributed by atoms with Crippen molar-refractivity contribution in [2.45, 2.75) is 4.90 Å². The number of hydrogen-bond acceptors (Lipinski definition) is 4. The lowest BCUT2D eigenvalue weighted by Crippen LogP contribution is -2.14. The van der Waals surface area contributed by atoms with Gasteiger partial charge in [-0.15, -0.1) is 0 Å². The number of hydrogen-bond donors (Lipinski definition) is 2. The van der Waals surface area contributed by atoms with Gasteiger partial charge in [0.05, 0.1) is 4.90 Å². The van der Waals surface area contributed by atoms with E-state index in [4.69, 9.17) is 4.42 Å². The van der Waals surface area contributed by atoms with Crippen LogP contribution in [-0.4, -0.2) is 14.3 Å². The summed E-state index contributed by atoms with van der Waals surface area (Å²) >= 11 is 3.09. The highest BCUT2D eigenvalue weighted by atomic mass is 79.9. The van der Waals surface area contributed by atoms with Crippen LogP contribution in [0.2, 0.25) is 0 Å². The summed E-state index contributed by atoms with van der Waals surface area (Å²) in [7, 11) is -4.09. The largest absolute Gasteiger partial charge is 0.444 e. The lowest BCUT2D eigenvalue weighted by atomic mass is 10.3. The Morgan fingerprint density at radius 2 is 1.59 bits per heavy atom. The molecule has 0 atom stereocenters. The zero-order valence-electron chi connectivity index (χ0n) is 13.4. The highest BCUT2D eigenvalue weighted by Gasteiger charge is 2.17. The van der Waals surface area contributed by atoms with Gasteiger partial charge in [-0.05, 0) is 70.5 Å². The third-order valence-corrected chi connectivity index (χ3v) is 5.20. The van der Waals surface area contributed by atoms with E-state index in [1.165, 1.54) is 30.3 Å². The minimum Gasteiger partial charge on any atom is -0.444 e. The van der Waals surface area contributed by atoms with Crippen molar-refractivity contribution in [1.29, 1.82) is 0 Å². The number of carbonyl (C=O) groups excluding carboxylic acids is 1. The van der Waals surface area contributed by atoms with Crippen molar-refractivity contribution in [2.75, 3.05) is 10.0 Å². The Morgan fingerprint density at radius 3 is 2.19 bits per heavy atom. The predicted octanol–water partition coefficient (Wildman–Crippen LogP) is 4.37. The Hall–Kier alpha value is -2.72. The zero-order valence-corrected chi connectivity index (χ0v) is 15.8. The molecule has 140 valence electrons. The van der Waals surface area contributed by atoms with E-state index in [9.17, 15) is 22.0 Å². The van der Waals surface area contributed by atoms with Gasteiger partial charge >= 0.3 is 0 Å². The molecule has 2 N–H and O–H groups in total. The number of amides is 1. The first-order chi connectivity index (χ1) is 12.7. The van der Waals surface area contributed by atoms with E-state index in [0.29, 0.717) is 16.4 Å². The topological polar surface area (TPSA) is 88.4 Å². The molecule has 10 heteroatoms. The molecular weight excluding hydrogens is 446 g/mol. The van der Waals surface area contributed by atoms with Crippen LogP contribution in [0.4, 0.5) is 20.2 Å². The van der Waals surface area contributed by atoms with Crippen LogP contribution in [0, 0.1) is 11.6 Å². The van der Waals surface area contributed by atoms with E-state index in [2.05, 4.69) is 26.0 Å². The Balaban J connectivity index is 1.71. The lowest BCUT2D eigenvalue weighted by Gasteiger charge is -2.09. The molecule has 2 aromatic carbocycles. The number of carbonyl (C=O) groups is 1. The number of anilines is 2. The standard InChI is InChI=1S/C17H11BrF2N2O4S/c18-16-8-7-15(26-16)17(23)21-10-1-3-11(4-2-10)22-27(24,25)12-5-6-13(19)14(20)9-12/h1-9,22H,(H,21,23). The van der Waals surface area contributed by atoms with Gasteiger partial charge in [-0.2, -0.15) is 0 Å². The molecule has 0 fully saturated rings. The van der Waals surface area contributed by atoms with Gasteiger partial charge in [0.15, 0.2) is 22.1 Å². The number of furan rings is 1. The number of sulfonamides is 1. The van der Waals surface area contributed by atoms with E-state index in [0.717, 1.165) is 12.1 Å². The molecule has 0 saturated heterocycles. The second-order valence-electron chi connectivity index (χ2n) is 5.32. The van der Waals surface area contributed by atoms with Crippen molar-refractivity contribution in [1.82, 2.24) is 0 Å². The van der Waals surface area contributed by atoms with Gasteiger partial charge in [-0.3, -0.25) is 9.52 Å². The van der Waals surface area contributed by atoms with E-state index < -0.39 is 32.5 Å². The summed E-state index contributed by atoms with van der Waals surface area (Å²) < 4.78 is 58.4. The van der Waals surface area contributed by atoms with Crippen LogP contribution >= 0.6 is 15.9 Å². The normalized spacial score (nSPS) is 11.2. The predicted molar refractivity (Wildman–Crippen MR) is 98.0 cm³/mol. The summed E-state index contributed by atoms with van der Waals surface area (Å²) in [5.74, 6) is -2.78. The van der Waals surface area contributed by atoms with Crippen LogP contribution in [-0.2, 0) is 10.0 Å². The van der Waals surface area contributed by atoms with Crippen LogP contribution in [0.25, 0.3) is 0 Å². The Kier molecular flexibility index (Phi) is 5.29. The molecule has 0 saturated carbocycles. The minimum absolute atomic E-state index is 0.102. The van der Waals surface area contributed by atoms with Crippen molar-refractivity contribution < 1.29 is 26.4 Å². The third kappa shape index (κ3) is 4.52. The molecule has 0 radical (unpaired) electrons. The number of nitrogens with one attached hydrogen (secondary N) is 2. The van der Waals surface area contributed by atoms with Gasteiger partial charge in [0.1, 0.15) is 0 Å². The molecule has 6 nitrogen and oxygen atoms in total. The average Bonchev–Trinajstić information content (AvgIpc) is 3.05. The van der Waals surface area contributed by atoms with Gasteiger partial charge < -0.3 is 9.73 Å². The highest BCUT2D eigenvalue weighted by Crippen LogP contribution is 2.21. The smallest absolute Gasteiger partial charge is 0.291 e. The quantitative estimate of drug-likeness (QED) is 0.596. The maximum Gasteiger partial charge on any atom is 0.291 e.